The first-order valence-corrected chi connectivity index (χ1v) is 4.92. The molecule has 1 amide bonds. The van der Waals surface area contributed by atoms with Crippen molar-refractivity contribution in [3.05, 3.63) is 41.8 Å². The molecule has 1 aromatic carbocycles. The number of hydrogen-bond donors (Lipinski definition) is 2. The summed E-state index contributed by atoms with van der Waals surface area (Å²) < 4.78 is 14.4. The number of amides is 1. The van der Waals surface area contributed by atoms with Gasteiger partial charge in [-0.3, -0.25) is 9.48 Å². The first-order valence-electron chi connectivity index (χ1n) is 4.92. The van der Waals surface area contributed by atoms with Crippen LogP contribution in [0.2, 0.25) is 0 Å². The Bertz CT molecular complexity index is 545. The highest BCUT2D eigenvalue weighted by atomic mass is 19.1. The lowest BCUT2D eigenvalue weighted by Gasteiger charge is -2.06. The van der Waals surface area contributed by atoms with Crippen molar-refractivity contribution in [3.8, 4) is 0 Å². The van der Waals surface area contributed by atoms with Gasteiger partial charge in [-0.15, -0.1) is 0 Å². The molecule has 0 aliphatic heterocycles. The van der Waals surface area contributed by atoms with Crippen molar-refractivity contribution >= 4 is 17.4 Å². The minimum Gasteiger partial charge on any atom is -0.394 e. The van der Waals surface area contributed by atoms with E-state index in [0.717, 1.165) is 6.07 Å². The monoisotopic (exact) mass is 234 g/mol. The molecular weight excluding hydrogens is 223 g/mol. The average Bonchev–Trinajstić information content (AvgIpc) is 2.61. The van der Waals surface area contributed by atoms with Crippen LogP contribution in [0.5, 0.6) is 0 Å². The number of halogens is 1. The number of nitrogen functional groups attached to an aromatic ring is 1. The lowest BCUT2D eigenvalue weighted by molar-refractivity contribution is 0.102. The minimum atomic E-state index is -0.462. The van der Waals surface area contributed by atoms with Gasteiger partial charge in [0.25, 0.3) is 5.91 Å². The molecule has 0 aliphatic carbocycles. The smallest absolute Gasteiger partial charge is 0.256 e. The number of anilines is 2. The lowest BCUT2D eigenvalue weighted by atomic mass is 10.2. The Morgan fingerprint density at radius 3 is 2.88 bits per heavy atom. The first kappa shape index (κ1) is 11.1. The third-order valence-electron chi connectivity index (χ3n) is 2.29. The minimum absolute atomic E-state index is 0.227. The third kappa shape index (κ3) is 2.25. The summed E-state index contributed by atoms with van der Waals surface area (Å²) >= 11 is 0. The molecule has 88 valence electrons. The van der Waals surface area contributed by atoms with Crippen LogP contribution in [-0.4, -0.2) is 15.7 Å². The van der Waals surface area contributed by atoms with Crippen molar-refractivity contribution in [2.75, 3.05) is 11.1 Å². The Morgan fingerprint density at radius 1 is 1.53 bits per heavy atom. The Hall–Kier alpha value is -2.37. The largest absolute Gasteiger partial charge is 0.394 e. The first-order chi connectivity index (χ1) is 8.08. The molecule has 1 aromatic heterocycles. The maximum absolute atomic E-state index is 12.9. The number of aryl methyl sites for hydroxylation is 1. The summed E-state index contributed by atoms with van der Waals surface area (Å²) in [4.78, 5) is 11.8. The van der Waals surface area contributed by atoms with Gasteiger partial charge in [-0.05, 0) is 18.2 Å². The standard InChI is InChI=1S/C11H11FN4O/c1-16-10(9(13)6-14-16)15-11(17)7-3-2-4-8(12)5-7/h2-6H,13H2,1H3,(H,15,17). The van der Waals surface area contributed by atoms with E-state index in [9.17, 15) is 9.18 Å². The number of carbonyl (C=O) groups is 1. The summed E-state index contributed by atoms with van der Waals surface area (Å²) in [5, 5.41) is 6.46. The van der Waals surface area contributed by atoms with E-state index in [2.05, 4.69) is 10.4 Å². The zero-order valence-corrected chi connectivity index (χ0v) is 9.14. The topological polar surface area (TPSA) is 72.9 Å². The molecule has 2 aromatic rings. The highest BCUT2D eigenvalue weighted by Gasteiger charge is 2.11. The van der Waals surface area contributed by atoms with Gasteiger partial charge in [0.2, 0.25) is 0 Å². The second kappa shape index (κ2) is 4.25. The molecule has 6 heteroatoms. The second-order valence-electron chi connectivity index (χ2n) is 3.54. The number of nitrogens with zero attached hydrogens (tertiary/aromatic N) is 2. The Morgan fingerprint density at radius 2 is 2.29 bits per heavy atom. The Balaban J connectivity index is 2.23. The number of nitrogens with two attached hydrogens (primary N) is 1. The van der Waals surface area contributed by atoms with E-state index in [0.29, 0.717) is 11.5 Å². The number of benzene rings is 1. The van der Waals surface area contributed by atoms with E-state index in [1.54, 1.807) is 7.05 Å². The van der Waals surface area contributed by atoms with Crippen LogP contribution in [0.4, 0.5) is 15.9 Å². The Labute approximate surface area is 97.0 Å². The van der Waals surface area contributed by atoms with E-state index in [4.69, 9.17) is 5.73 Å². The van der Waals surface area contributed by atoms with Crippen molar-refractivity contribution in [1.82, 2.24) is 9.78 Å². The van der Waals surface area contributed by atoms with E-state index in [1.807, 2.05) is 0 Å². The maximum Gasteiger partial charge on any atom is 0.256 e. The van der Waals surface area contributed by atoms with E-state index < -0.39 is 11.7 Å². The third-order valence-corrected chi connectivity index (χ3v) is 2.29. The van der Waals surface area contributed by atoms with Gasteiger partial charge in [-0.2, -0.15) is 5.10 Å². The van der Waals surface area contributed by atoms with Crippen molar-refractivity contribution in [1.29, 1.82) is 0 Å². The molecule has 3 N–H and O–H groups in total. The molecule has 17 heavy (non-hydrogen) atoms. The predicted octanol–water partition coefficient (Wildman–Crippen LogP) is 1.39. The molecule has 0 spiro atoms. The van der Waals surface area contributed by atoms with Crippen molar-refractivity contribution in [2.45, 2.75) is 0 Å². The quantitative estimate of drug-likeness (QED) is 0.824. The van der Waals surface area contributed by atoms with Crippen LogP contribution in [0, 0.1) is 5.82 Å². The number of rotatable bonds is 2. The van der Waals surface area contributed by atoms with Gasteiger partial charge < -0.3 is 11.1 Å². The fourth-order valence-electron chi connectivity index (χ4n) is 1.42. The van der Waals surface area contributed by atoms with Crippen molar-refractivity contribution < 1.29 is 9.18 Å². The van der Waals surface area contributed by atoms with Crippen LogP contribution in [0.1, 0.15) is 10.4 Å². The molecule has 0 fully saturated rings. The molecule has 1 heterocycles. The van der Waals surface area contributed by atoms with Crippen LogP contribution >= 0.6 is 0 Å². The van der Waals surface area contributed by atoms with Crippen molar-refractivity contribution in [2.24, 2.45) is 7.05 Å². The summed E-state index contributed by atoms with van der Waals surface area (Å²) in [6, 6.07) is 5.42. The SMILES string of the molecule is Cn1ncc(N)c1NC(=O)c1cccc(F)c1. The molecule has 2 rings (SSSR count). The van der Waals surface area contributed by atoms with Gasteiger partial charge in [-0.25, -0.2) is 4.39 Å². The van der Waals surface area contributed by atoms with Crippen LogP contribution in [0.3, 0.4) is 0 Å². The van der Waals surface area contributed by atoms with Gasteiger partial charge in [-0.1, -0.05) is 6.07 Å². The van der Waals surface area contributed by atoms with E-state index >= 15 is 0 Å². The van der Waals surface area contributed by atoms with E-state index in [1.165, 1.54) is 29.1 Å². The normalized spacial score (nSPS) is 10.2. The fourth-order valence-corrected chi connectivity index (χ4v) is 1.42. The number of nitrogens with one attached hydrogen (secondary N) is 1. The van der Waals surface area contributed by atoms with Gasteiger partial charge in [0.15, 0.2) is 5.82 Å². The molecule has 0 aliphatic rings. The lowest BCUT2D eigenvalue weighted by Crippen LogP contribution is -2.15. The predicted molar refractivity (Wildman–Crippen MR) is 62.0 cm³/mol. The average molecular weight is 234 g/mol. The Kier molecular flexibility index (Phi) is 2.78. The summed E-state index contributed by atoms with van der Waals surface area (Å²) in [5.41, 5.74) is 6.21. The number of hydrogen-bond acceptors (Lipinski definition) is 3. The van der Waals surface area contributed by atoms with Crippen molar-refractivity contribution in [3.63, 3.8) is 0 Å². The molecule has 5 nitrogen and oxygen atoms in total. The van der Waals surface area contributed by atoms with Crippen LogP contribution in [0.15, 0.2) is 30.5 Å². The van der Waals surface area contributed by atoms with Gasteiger partial charge in [0.1, 0.15) is 5.82 Å². The zero-order valence-electron chi connectivity index (χ0n) is 9.14. The van der Waals surface area contributed by atoms with E-state index in [-0.39, 0.29) is 5.56 Å². The molecule has 0 bridgehead atoms. The summed E-state index contributed by atoms with van der Waals surface area (Å²) in [7, 11) is 1.65. The zero-order chi connectivity index (χ0) is 12.4. The maximum atomic E-state index is 12.9. The van der Waals surface area contributed by atoms with Crippen LogP contribution in [0.25, 0.3) is 0 Å². The molecule has 0 unspecified atom stereocenters. The molecule has 0 radical (unpaired) electrons. The van der Waals surface area contributed by atoms with Crippen LogP contribution < -0.4 is 11.1 Å². The molecule has 0 saturated carbocycles. The molecular formula is C11H11FN4O. The highest BCUT2D eigenvalue weighted by molar-refractivity contribution is 6.05. The summed E-state index contributed by atoms with van der Waals surface area (Å²) in [6.07, 6.45) is 1.43. The fraction of sp³-hybridized carbons (Fsp3) is 0.0909. The molecule has 0 atom stereocenters. The van der Waals surface area contributed by atoms with Gasteiger partial charge in [0, 0.05) is 12.6 Å². The number of aromatic nitrogens is 2. The summed E-state index contributed by atoms with van der Waals surface area (Å²) in [6.45, 7) is 0. The van der Waals surface area contributed by atoms with Gasteiger partial charge >= 0.3 is 0 Å². The van der Waals surface area contributed by atoms with Gasteiger partial charge in [0.05, 0.1) is 11.9 Å². The highest BCUT2D eigenvalue weighted by Crippen LogP contribution is 2.17. The number of carbonyl (C=O) groups excluding carboxylic acids is 1. The summed E-state index contributed by atoms with van der Waals surface area (Å²) in [5.74, 6) is -0.505. The van der Waals surface area contributed by atoms with Crippen LogP contribution in [-0.2, 0) is 7.05 Å². The molecule has 0 saturated heterocycles. The second-order valence-corrected chi connectivity index (χ2v) is 3.54.